The Morgan fingerprint density at radius 1 is 1.14 bits per heavy atom. The highest BCUT2D eigenvalue weighted by Crippen LogP contribution is 2.26. The summed E-state index contributed by atoms with van der Waals surface area (Å²) in [6.45, 7) is 3.09. The topological polar surface area (TPSA) is 127 Å². The number of aryl methyl sites for hydroxylation is 1. The molecule has 0 bridgehead atoms. The molecule has 148 valence electrons. The maximum absolute atomic E-state index is 12.4. The number of aromatic nitrogens is 2. The number of hydrogen-bond acceptors (Lipinski definition) is 7. The van der Waals surface area contributed by atoms with Crippen LogP contribution in [0.15, 0.2) is 48.5 Å². The van der Waals surface area contributed by atoms with Crippen LogP contribution in [0.2, 0.25) is 0 Å². The first kappa shape index (κ1) is 20.1. The van der Waals surface area contributed by atoms with Crippen LogP contribution in [-0.2, 0) is 4.79 Å². The third-order valence-electron chi connectivity index (χ3n) is 4.08. The summed E-state index contributed by atoms with van der Waals surface area (Å²) in [6.07, 6.45) is 0. The molecule has 2 amide bonds. The number of nitro benzene ring substituents is 1. The van der Waals surface area contributed by atoms with E-state index in [1.54, 1.807) is 6.92 Å². The van der Waals surface area contributed by atoms with E-state index in [-0.39, 0.29) is 11.3 Å². The second-order valence-corrected chi connectivity index (χ2v) is 7.20. The molecule has 3 rings (SSSR count). The van der Waals surface area contributed by atoms with Gasteiger partial charge in [0.1, 0.15) is 11.0 Å². The zero-order valence-corrected chi connectivity index (χ0v) is 16.4. The second kappa shape index (κ2) is 8.57. The zero-order chi connectivity index (χ0) is 21.0. The van der Waals surface area contributed by atoms with Gasteiger partial charge in [0.25, 0.3) is 11.6 Å². The maximum Gasteiger partial charge on any atom is 0.273 e. The average molecular weight is 411 g/mol. The zero-order valence-electron chi connectivity index (χ0n) is 15.6. The van der Waals surface area contributed by atoms with Crippen molar-refractivity contribution in [3.05, 3.63) is 69.8 Å². The molecule has 0 saturated carbocycles. The first-order chi connectivity index (χ1) is 13.8. The number of carbonyl (C=O) groups is 2. The quantitative estimate of drug-likeness (QED) is 0.474. The molecule has 0 aliphatic carbocycles. The van der Waals surface area contributed by atoms with Gasteiger partial charge in [0.15, 0.2) is 0 Å². The Morgan fingerprint density at radius 3 is 2.55 bits per heavy atom. The number of benzene rings is 2. The number of hydrogen-bond donors (Lipinski definition) is 2. The monoisotopic (exact) mass is 411 g/mol. The van der Waals surface area contributed by atoms with E-state index in [1.807, 2.05) is 30.3 Å². The van der Waals surface area contributed by atoms with Crippen molar-refractivity contribution in [3.8, 4) is 10.6 Å². The molecule has 3 aromatic rings. The summed E-state index contributed by atoms with van der Waals surface area (Å²) in [5, 5.41) is 25.1. The van der Waals surface area contributed by atoms with Gasteiger partial charge in [0, 0.05) is 22.8 Å². The molecule has 0 spiro atoms. The highest BCUT2D eigenvalue weighted by molar-refractivity contribution is 7.18. The van der Waals surface area contributed by atoms with Crippen LogP contribution in [0.1, 0.15) is 22.8 Å². The van der Waals surface area contributed by atoms with Crippen molar-refractivity contribution in [3.63, 3.8) is 0 Å². The van der Waals surface area contributed by atoms with Crippen molar-refractivity contribution < 1.29 is 14.5 Å². The van der Waals surface area contributed by atoms with Crippen molar-refractivity contribution in [1.82, 2.24) is 15.5 Å². The molecular formula is C19H17N5O4S. The third kappa shape index (κ3) is 4.79. The lowest BCUT2D eigenvalue weighted by Gasteiger charge is -2.13. The number of carbonyl (C=O) groups excluding carboxylic acids is 2. The summed E-state index contributed by atoms with van der Waals surface area (Å²) < 4.78 is 0. The lowest BCUT2D eigenvalue weighted by atomic mass is 10.1. The fourth-order valence-corrected chi connectivity index (χ4v) is 3.23. The molecule has 0 saturated heterocycles. The molecule has 0 aliphatic rings. The average Bonchev–Trinajstić information content (AvgIpc) is 3.17. The van der Waals surface area contributed by atoms with E-state index in [1.165, 1.54) is 36.5 Å². The minimum atomic E-state index is -0.882. The smallest absolute Gasteiger partial charge is 0.273 e. The van der Waals surface area contributed by atoms with Crippen molar-refractivity contribution in [2.45, 2.75) is 19.9 Å². The first-order valence-corrected chi connectivity index (χ1v) is 9.42. The molecule has 0 fully saturated rings. The highest BCUT2D eigenvalue weighted by Gasteiger charge is 2.20. The molecule has 10 heteroatoms. The van der Waals surface area contributed by atoms with E-state index in [0.717, 1.165) is 5.56 Å². The van der Waals surface area contributed by atoms with E-state index in [4.69, 9.17) is 0 Å². The van der Waals surface area contributed by atoms with E-state index < -0.39 is 22.8 Å². The van der Waals surface area contributed by atoms with Crippen LogP contribution in [0, 0.1) is 17.0 Å². The van der Waals surface area contributed by atoms with Gasteiger partial charge in [0.05, 0.1) is 4.92 Å². The predicted octanol–water partition coefficient (Wildman–Crippen LogP) is 3.18. The summed E-state index contributed by atoms with van der Waals surface area (Å²) in [5.41, 5.74) is 1.27. The van der Waals surface area contributed by atoms with Crippen molar-refractivity contribution in [2.75, 3.05) is 5.32 Å². The Morgan fingerprint density at radius 2 is 1.86 bits per heavy atom. The molecule has 1 heterocycles. The fourth-order valence-electron chi connectivity index (χ4n) is 2.48. The van der Waals surface area contributed by atoms with E-state index in [0.29, 0.717) is 15.7 Å². The van der Waals surface area contributed by atoms with Gasteiger partial charge in [-0.05, 0) is 19.9 Å². The van der Waals surface area contributed by atoms with Crippen LogP contribution in [0.5, 0.6) is 0 Å². The van der Waals surface area contributed by atoms with Crippen molar-refractivity contribution >= 4 is 34.0 Å². The molecule has 29 heavy (non-hydrogen) atoms. The SMILES string of the molecule is Cc1ccc(C(=O)NC(C)C(=O)Nc2nnc(-c3ccccc3)s2)cc1[N+](=O)[O-]. The fraction of sp³-hybridized carbons (Fsp3) is 0.158. The van der Waals surface area contributed by atoms with Crippen LogP contribution in [0.25, 0.3) is 10.6 Å². The van der Waals surface area contributed by atoms with Crippen LogP contribution >= 0.6 is 11.3 Å². The molecule has 1 aromatic heterocycles. The predicted molar refractivity (Wildman–Crippen MR) is 109 cm³/mol. The molecule has 1 unspecified atom stereocenters. The Labute approximate surface area is 169 Å². The molecule has 0 radical (unpaired) electrons. The Bertz CT molecular complexity index is 1070. The number of nitro groups is 1. The summed E-state index contributed by atoms with van der Waals surface area (Å²) >= 11 is 1.21. The standard InChI is InChI=1S/C19H17N5O4S/c1-11-8-9-14(10-15(11)24(27)28)17(26)20-12(2)16(25)21-19-23-22-18(29-19)13-6-4-3-5-7-13/h3-10,12H,1-2H3,(H,20,26)(H,21,23,25). The minimum Gasteiger partial charge on any atom is -0.341 e. The van der Waals surface area contributed by atoms with Gasteiger partial charge in [-0.3, -0.25) is 25.0 Å². The number of amides is 2. The molecule has 2 N–H and O–H groups in total. The Hall–Kier alpha value is -3.66. The largest absolute Gasteiger partial charge is 0.341 e. The third-order valence-corrected chi connectivity index (χ3v) is 4.97. The van der Waals surface area contributed by atoms with Gasteiger partial charge in [-0.15, -0.1) is 10.2 Å². The van der Waals surface area contributed by atoms with Gasteiger partial charge < -0.3 is 5.32 Å². The number of anilines is 1. The summed E-state index contributed by atoms with van der Waals surface area (Å²) in [5.74, 6) is -1.06. The van der Waals surface area contributed by atoms with Gasteiger partial charge >= 0.3 is 0 Å². The summed E-state index contributed by atoms with van der Waals surface area (Å²) in [4.78, 5) is 35.2. The van der Waals surface area contributed by atoms with Crippen molar-refractivity contribution in [1.29, 1.82) is 0 Å². The molecule has 0 aliphatic heterocycles. The van der Waals surface area contributed by atoms with Crippen LogP contribution < -0.4 is 10.6 Å². The van der Waals surface area contributed by atoms with Gasteiger partial charge in [-0.2, -0.15) is 0 Å². The van der Waals surface area contributed by atoms with Gasteiger partial charge in [-0.25, -0.2) is 0 Å². The Balaban J connectivity index is 1.64. The lowest BCUT2D eigenvalue weighted by molar-refractivity contribution is -0.385. The maximum atomic E-state index is 12.4. The van der Waals surface area contributed by atoms with Crippen molar-refractivity contribution in [2.24, 2.45) is 0 Å². The van der Waals surface area contributed by atoms with Crippen LogP contribution in [0.3, 0.4) is 0 Å². The summed E-state index contributed by atoms with van der Waals surface area (Å²) in [6, 6.07) is 12.7. The lowest BCUT2D eigenvalue weighted by Crippen LogP contribution is -2.41. The Kier molecular flexibility index (Phi) is 5.93. The molecule has 1 atom stereocenters. The van der Waals surface area contributed by atoms with E-state index in [2.05, 4.69) is 20.8 Å². The molecule has 2 aromatic carbocycles. The minimum absolute atomic E-state index is 0.101. The molecule has 9 nitrogen and oxygen atoms in total. The van der Waals surface area contributed by atoms with Crippen LogP contribution in [0.4, 0.5) is 10.8 Å². The van der Waals surface area contributed by atoms with Gasteiger partial charge in [0.2, 0.25) is 11.0 Å². The highest BCUT2D eigenvalue weighted by atomic mass is 32.1. The first-order valence-electron chi connectivity index (χ1n) is 8.61. The normalized spacial score (nSPS) is 11.5. The summed E-state index contributed by atoms with van der Waals surface area (Å²) in [7, 11) is 0. The van der Waals surface area contributed by atoms with Crippen LogP contribution in [-0.4, -0.2) is 33.0 Å². The molecular weight excluding hydrogens is 394 g/mol. The number of nitrogens with zero attached hydrogens (tertiary/aromatic N) is 3. The van der Waals surface area contributed by atoms with E-state index in [9.17, 15) is 19.7 Å². The second-order valence-electron chi connectivity index (χ2n) is 6.22. The number of nitrogens with one attached hydrogen (secondary N) is 2. The van der Waals surface area contributed by atoms with Gasteiger partial charge in [-0.1, -0.05) is 47.7 Å². The van der Waals surface area contributed by atoms with E-state index >= 15 is 0 Å². The number of rotatable bonds is 6.